The van der Waals surface area contributed by atoms with Crippen LogP contribution in [0, 0.1) is 0 Å². The highest BCUT2D eigenvalue weighted by molar-refractivity contribution is 9.10. The standard InChI is InChI=1S/C25H20BrClN2O2/c1-2-13-30-18-10-7-16(8-11-18)22-15-23-20-14-17(26)9-12-24(20)31-25(29(23)28-22)19-5-3-4-6-21(19)27/h2-12,14,23,25H,1,13,15H2/t23-,25-/m0/s1. The van der Waals surface area contributed by atoms with Crippen LogP contribution in [-0.2, 0) is 0 Å². The summed E-state index contributed by atoms with van der Waals surface area (Å²) in [6, 6.07) is 22.0. The molecule has 0 unspecified atom stereocenters. The van der Waals surface area contributed by atoms with Gasteiger partial charge in [0, 0.05) is 27.0 Å². The first-order valence-corrected chi connectivity index (χ1v) is 11.2. The van der Waals surface area contributed by atoms with Gasteiger partial charge < -0.3 is 9.47 Å². The zero-order valence-corrected chi connectivity index (χ0v) is 19.0. The van der Waals surface area contributed by atoms with Gasteiger partial charge in [0.05, 0.1) is 11.8 Å². The number of benzene rings is 3. The summed E-state index contributed by atoms with van der Waals surface area (Å²) in [7, 11) is 0. The first kappa shape index (κ1) is 20.2. The van der Waals surface area contributed by atoms with Crippen LogP contribution >= 0.6 is 27.5 Å². The molecule has 0 aromatic heterocycles. The van der Waals surface area contributed by atoms with E-state index in [-0.39, 0.29) is 12.3 Å². The number of nitrogens with zero attached hydrogens (tertiary/aromatic N) is 2. The van der Waals surface area contributed by atoms with Crippen LogP contribution in [0.5, 0.6) is 11.5 Å². The minimum Gasteiger partial charge on any atom is -0.490 e. The predicted octanol–water partition coefficient (Wildman–Crippen LogP) is 6.91. The number of ether oxygens (including phenoxy) is 2. The third-order valence-corrected chi connectivity index (χ3v) is 6.32. The Morgan fingerprint density at radius 3 is 2.71 bits per heavy atom. The summed E-state index contributed by atoms with van der Waals surface area (Å²) in [5.74, 6) is 1.67. The van der Waals surface area contributed by atoms with E-state index in [0.717, 1.165) is 44.8 Å². The Kier molecular flexibility index (Phi) is 5.47. The van der Waals surface area contributed by atoms with Crippen molar-refractivity contribution in [2.24, 2.45) is 5.10 Å². The summed E-state index contributed by atoms with van der Waals surface area (Å²) in [6.45, 7) is 4.17. The van der Waals surface area contributed by atoms with Crippen LogP contribution in [-0.4, -0.2) is 17.3 Å². The fraction of sp³-hybridized carbons (Fsp3) is 0.160. The molecule has 0 saturated heterocycles. The van der Waals surface area contributed by atoms with E-state index in [2.05, 4.69) is 28.6 Å². The Labute approximate surface area is 194 Å². The quantitative estimate of drug-likeness (QED) is 0.361. The van der Waals surface area contributed by atoms with E-state index in [4.69, 9.17) is 26.2 Å². The second-order valence-electron chi connectivity index (χ2n) is 7.44. The van der Waals surface area contributed by atoms with Crippen LogP contribution in [0.4, 0.5) is 0 Å². The highest BCUT2D eigenvalue weighted by Crippen LogP contribution is 2.49. The molecule has 2 aliphatic rings. The lowest BCUT2D eigenvalue weighted by Crippen LogP contribution is -2.33. The zero-order valence-electron chi connectivity index (χ0n) is 16.7. The van der Waals surface area contributed by atoms with Gasteiger partial charge in [-0.1, -0.05) is 58.4 Å². The molecule has 156 valence electrons. The monoisotopic (exact) mass is 494 g/mol. The molecule has 5 rings (SSSR count). The fourth-order valence-electron chi connectivity index (χ4n) is 4.01. The maximum absolute atomic E-state index is 6.53. The van der Waals surface area contributed by atoms with E-state index < -0.39 is 0 Å². The van der Waals surface area contributed by atoms with Crippen LogP contribution in [0.15, 0.2) is 89.0 Å². The van der Waals surface area contributed by atoms with Crippen molar-refractivity contribution in [2.45, 2.75) is 18.7 Å². The molecule has 3 aromatic rings. The average molecular weight is 496 g/mol. The summed E-state index contributed by atoms with van der Waals surface area (Å²) < 4.78 is 13.0. The van der Waals surface area contributed by atoms with Gasteiger partial charge in [0.25, 0.3) is 0 Å². The Bertz CT molecular complexity index is 1160. The largest absolute Gasteiger partial charge is 0.490 e. The SMILES string of the molecule is C=CCOc1ccc(C2=NN3[C@@H](C2)c2cc(Br)ccc2O[C@H]3c2ccccc2Cl)cc1. The zero-order chi connectivity index (χ0) is 21.4. The first-order valence-electron chi connectivity index (χ1n) is 10.0. The Hall–Kier alpha value is -2.76. The summed E-state index contributed by atoms with van der Waals surface area (Å²) >= 11 is 10.1. The van der Waals surface area contributed by atoms with E-state index >= 15 is 0 Å². The van der Waals surface area contributed by atoms with Gasteiger partial charge in [-0.05, 0) is 54.1 Å². The molecule has 4 nitrogen and oxygen atoms in total. The topological polar surface area (TPSA) is 34.1 Å². The molecule has 2 atom stereocenters. The molecule has 0 fully saturated rings. The van der Waals surface area contributed by atoms with E-state index in [9.17, 15) is 0 Å². The lowest BCUT2D eigenvalue weighted by atomic mass is 9.96. The Morgan fingerprint density at radius 2 is 1.94 bits per heavy atom. The molecule has 31 heavy (non-hydrogen) atoms. The van der Waals surface area contributed by atoms with Crippen molar-refractivity contribution in [3.63, 3.8) is 0 Å². The van der Waals surface area contributed by atoms with Gasteiger partial charge in [-0.25, -0.2) is 5.01 Å². The number of halogens is 2. The maximum Gasteiger partial charge on any atom is 0.215 e. The van der Waals surface area contributed by atoms with E-state index in [1.54, 1.807) is 6.08 Å². The van der Waals surface area contributed by atoms with Gasteiger partial charge >= 0.3 is 0 Å². The van der Waals surface area contributed by atoms with Crippen molar-refractivity contribution in [1.82, 2.24) is 5.01 Å². The number of hydrogen-bond donors (Lipinski definition) is 0. The summed E-state index contributed by atoms with van der Waals surface area (Å²) in [5, 5.41) is 7.69. The molecule has 0 N–H and O–H groups in total. The van der Waals surface area contributed by atoms with Gasteiger partial charge in [-0.2, -0.15) is 5.10 Å². The van der Waals surface area contributed by atoms with Crippen LogP contribution in [0.1, 0.15) is 35.4 Å². The van der Waals surface area contributed by atoms with E-state index in [1.807, 2.05) is 65.7 Å². The number of rotatable bonds is 5. The van der Waals surface area contributed by atoms with Crippen LogP contribution in [0.3, 0.4) is 0 Å². The van der Waals surface area contributed by atoms with Crippen molar-refractivity contribution in [1.29, 1.82) is 0 Å². The highest BCUT2D eigenvalue weighted by atomic mass is 79.9. The van der Waals surface area contributed by atoms with Crippen molar-refractivity contribution >= 4 is 33.2 Å². The molecule has 2 aliphatic heterocycles. The molecule has 0 bridgehead atoms. The van der Waals surface area contributed by atoms with Gasteiger partial charge in [-0.15, -0.1) is 0 Å². The molecule has 3 aromatic carbocycles. The van der Waals surface area contributed by atoms with E-state index in [1.165, 1.54) is 0 Å². The molecule has 0 radical (unpaired) electrons. The summed E-state index contributed by atoms with van der Waals surface area (Å²) in [5.41, 5.74) is 4.09. The minimum absolute atomic E-state index is 0.0641. The molecule has 6 heteroatoms. The fourth-order valence-corrected chi connectivity index (χ4v) is 4.62. The van der Waals surface area contributed by atoms with Crippen LogP contribution in [0.25, 0.3) is 0 Å². The molecule has 0 saturated carbocycles. The lowest BCUT2D eigenvalue weighted by Gasteiger charge is -2.38. The summed E-state index contributed by atoms with van der Waals surface area (Å²) in [4.78, 5) is 0. The third kappa shape index (κ3) is 3.84. The predicted molar refractivity (Wildman–Crippen MR) is 127 cm³/mol. The third-order valence-electron chi connectivity index (χ3n) is 5.48. The molecular formula is C25H20BrClN2O2. The van der Waals surface area contributed by atoms with Gasteiger partial charge in [0.15, 0.2) is 0 Å². The molecule has 0 aliphatic carbocycles. The Balaban J connectivity index is 1.53. The molecule has 0 amide bonds. The minimum atomic E-state index is -0.389. The highest BCUT2D eigenvalue weighted by Gasteiger charge is 2.41. The molecule has 2 heterocycles. The first-order chi connectivity index (χ1) is 15.1. The molecule has 0 spiro atoms. The smallest absolute Gasteiger partial charge is 0.215 e. The van der Waals surface area contributed by atoms with E-state index in [0.29, 0.717) is 11.6 Å². The maximum atomic E-state index is 6.53. The molecular weight excluding hydrogens is 476 g/mol. The van der Waals surface area contributed by atoms with Crippen molar-refractivity contribution in [3.8, 4) is 11.5 Å². The van der Waals surface area contributed by atoms with Crippen LogP contribution < -0.4 is 9.47 Å². The second-order valence-corrected chi connectivity index (χ2v) is 8.77. The number of fused-ring (bicyclic) bond motifs is 3. The number of hydrazone groups is 1. The van der Waals surface area contributed by atoms with Crippen molar-refractivity contribution in [2.75, 3.05) is 6.61 Å². The lowest BCUT2D eigenvalue weighted by molar-refractivity contribution is -0.0190. The second kappa shape index (κ2) is 8.40. The van der Waals surface area contributed by atoms with Crippen molar-refractivity contribution < 1.29 is 9.47 Å². The Morgan fingerprint density at radius 1 is 1.13 bits per heavy atom. The van der Waals surface area contributed by atoms with Gasteiger partial charge in [0.1, 0.15) is 18.1 Å². The van der Waals surface area contributed by atoms with Crippen LogP contribution in [0.2, 0.25) is 5.02 Å². The summed E-state index contributed by atoms with van der Waals surface area (Å²) in [6.07, 6.45) is 2.12. The van der Waals surface area contributed by atoms with Gasteiger partial charge in [0.2, 0.25) is 6.23 Å². The van der Waals surface area contributed by atoms with Gasteiger partial charge in [-0.3, -0.25) is 0 Å². The average Bonchev–Trinajstić information content (AvgIpc) is 3.24. The normalized spacial score (nSPS) is 19.2. The number of hydrogen-bond acceptors (Lipinski definition) is 4. The van der Waals surface area contributed by atoms with Crippen molar-refractivity contribution in [3.05, 3.63) is 106 Å².